The number of thioether (sulfide) groups is 1. The van der Waals surface area contributed by atoms with Crippen molar-refractivity contribution in [2.75, 3.05) is 13.2 Å². The lowest BCUT2D eigenvalue weighted by molar-refractivity contribution is -0.146. The van der Waals surface area contributed by atoms with E-state index in [2.05, 4.69) is 17.2 Å². The Bertz CT molecular complexity index is 664. The summed E-state index contributed by atoms with van der Waals surface area (Å²) in [6.07, 6.45) is 3.16. The van der Waals surface area contributed by atoms with Crippen molar-refractivity contribution in [1.82, 2.24) is 5.32 Å². The molecule has 1 spiro atoms. The Morgan fingerprint density at radius 3 is 2.88 bits per heavy atom. The number of unbranched alkanes of at least 4 members (excludes halogenated alkanes) is 2. The van der Waals surface area contributed by atoms with Crippen molar-refractivity contribution in [3.05, 3.63) is 30.3 Å². The number of ether oxygens (including phenoxy) is 2. The summed E-state index contributed by atoms with van der Waals surface area (Å²) in [6.45, 7) is 3.11. The van der Waals surface area contributed by atoms with Crippen molar-refractivity contribution < 1.29 is 19.1 Å². The van der Waals surface area contributed by atoms with E-state index < -0.39 is 10.7 Å². The highest BCUT2D eigenvalue weighted by Gasteiger charge is 2.60. The minimum Gasteiger partial charge on any atom is -0.458 e. The van der Waals surface area contributed by atoms with E-state index in [0.29, 0.717) is 24.8 Å². The van der Waals surface area contributed by atoms with Gasteiger partial charge in [-0.15, -0.1) is 0 Å². The number of cyclic esters (lactones) is 1. The lowest BCUT2D eigenvalue weighted by Crippen LogP contribution is -2.40. The number of amides is 1. The number of hydrogen-bond acceptors (Lipinski definition) is 6. The molecule has 1 N–H and O–H groups in total. The van der Waals surface area contributed by atoms with Crippen molar-refractivity contribution in [1.29, 1.82) is 0 Å². The van der Waals surface area contributed by atoms with Gasteiger partial charge in [0, 0.05) is 13.0 Å². The van der Waals surface area contributed by atoms with Crippen molar-refractivity contribution in [3.63, 3.8) is 0 Å². The standard InChI is InChI=1S/C18H22N2O4S/c1-2-3-7-10-23-12-14-11-18(16(22)24-14)15(21)20-17(25-18)19-13-8-5-4-6-9-13/h4-6,8-9,14H,2-3,7,10-12H2,1H3,(H,19,20,21). The van der Waals surface area contributed by atoms with E-state index in [9.17, 15) is 9.59 Å². The number of benzene rings is 1. The molecule has 2 aliphatic rings. The third-order valence-electron chi connectivity index (χ3n) is 4.16. The van der Waals surface area contributed by atoms with E-state index in [1.807, 2.05) is 30.3 Å². The molecule has 1 aromatic rings. The molecule has 25 heavy (non-hydrogen) atoms. The first-order valence-electron chi connectivity index (χ1n) is 8.57. The SMILES string of the molecule is CCCCCOCC1CC2(SC(=Nc3ccccc3)NC2=O)C(=O)O1. The summed E-state index contributed by atoms with van der Waals surface area (Å²) in [5, 5.41) is 3.13. The maximum atomic E-state index is 12.4. The van der Waals surface area contributed by atoms with Crippen LogP contribution in [-0.2, 0) is 19.1 Å². The topological polar surface area (TPSA) is 77.0 Å². The number of para-hydroxylation sites is 1. The predicted molar refractivity (Wildman–Crippen MR) is 96.8 cm³/mol. The molecule has 2 fully saturated rings. The average molecular weight is 362 g/mol. The fourth-order valence-electron chi connectivity index (χ4n) is 2.83. The number of hydrogen-bond donors (Lipinski definition) is 1. The van der Waals surface area contributed by atoms with Gasteiger partial charge in [-0.25, -0.2) is 9.79 Å². The summed E-state index contributed by atoms with van der Waals surface area (Å²) in [5.41, 5.74) is 0.726. The molecule has 2 heterocycles. The van der Waals surface area contributed by atoms with Crippen LogP contribution < -0.4 is 5.32 Å². The van der Waals surface area contributed by atoms with Gasteiger partial charge in [-0.2, -0.15) is 0 Å². The van der Waals surface area contributed by atoms with Gasteiger partial charge >= 0.3 is 5.97 Å². The van der Waals surface area contributed by atoms with Crippen LogP contribution in [0.3, 0.4) is 0 Å². The summed E-state index contributed by atoms with van der Waals surface area (Å²) in [5.74, 6) is -0.860. The Morgan fingerprint density at radius 2 is 2.12 bits per heavy atom. The van der Waals surface area contributed by atoms with Gasteiger partial charge in [0.2, 0.25) is 4.75 Å². The molecule has 2 atom stereocenters. The van der Waals surface area contributed by atoms with Crippen LogP contribution in [0.5, 0.6) is 0 Å². The Morgan fingerprint density at radius 1 is 1.32 bits per heavy atom. The van der Waals surface area contributed by atoms with E-state index in [-0.39, 0.29) is 12.0 Å². The molecule has 6 nitrogen and oxygen atoms in total. The molecule has 134 valence electrons. The lowest BCUT2D eigenvalue weighted by atomic mass is 10.0. The lowest BCUT2D eigenvalue weighted by Gasteiger charge is -2.11. The number of amidine groups is 1. The minimum atomic E-state index is -1.23. The molecule has 2 saturated heterocycles. The number of nitrogens with zero attached hydrogens (tertiary/aromatic N) is 1. The highest BCUT2D eigenvalue weighted by atomic mass is 32.2. The molecule has 0 aliphatic carbocycles. The maximum Gasteiger partial charge on any atom is 0.332 e. The summed E-state index contributed by atoms with van der Waals surface area (Å²) < 4.78 is 9.72. The summed E-state index contributed by atoms with van der Waals surface area (Å²) >= 11 is 1.14. The Hall–Kier alpha value is -1.86. The largest absolute Gasteiger partial charge is 0.458 e. The average Bonchev–Trinajstić information content (AvgIpc) is 3.08. The molecule has 0 bridgehead atoms. The van der Waals surface area contributed by atoms with Gasteiger partial charge in [0.1, 0.15) is 6.10 Å². The highest BCUT2D eigenvalue weighted by Crippen LogP contribution is 2.43. The first-order valence-corrected chi connectivity index (χ1v) is 9.39. The monoisotopic (exact) mass is 362 g/mol. The molecule has 0 radical (unpaired) electrons. The zero-order valence-electron chi connectivity index (χ0n) is 14.2. The quantitative estimate of drug-likeness (QED) is 0.458. The molecule has 2 unspecified atom stereocenters. The van der Waals surface area contributed by atoms with Crippen LogP contribution in [0.15, 0.2) is 35.3 Å². The number of rotatable bonds is 7. The van der Waals surface area contributed by atoms with Crippen LogP contribution in [0, 0.1) is 0 Å². The molecule has 0 saturated carbocycles. The molecule has 1 aromatic carbocycles. The molecule has 2 aliphatic heterocycles. The Labute approximate surface area is 151 Å². The zero-order valence-corrected chi connectivity index (χ0v) is 15.0. The van der Waals surface area contributed by atoms with E-state index in [4.69, 9.17) is 9.47 Å². The third-order valence-corrected chi connectivity index (χ3v) is 5.41. The molecular formula is C18H22N2O4S. The van der Waals surface area contributed by atoms with Crippen molar-refractivity contribution >= 4 is 34.5 Å². The maximum absolute atomic E-state index is 12.4. The molecule has 3 rings (SSSR count). The van der Waals surface area contributed by atoms with Crippen LogP contribution in [0.2, 0.25) is 0 Å². The Balaban J connectivity index is 1.61. The van der Waals surface area contributed by atoms with E-state index in [1.54, 1.807) is 0 Å². The van der Waals surface area contributed by atoms with Crippen molar-refractivity contribution in [3.8, 4) is 0 Å². The second-order valence-corrected chi connectivity index (χ2v) is 7.44. The van der Waals surface area contributed by atoms with Gasteiger partial charge in [0.05, 0.1) is 12.3 Å². The number of carbonyl (C=O) groups excluding carboxylic acids is 2. The fourth-order valence-corrected chi connectivity index (χ4v) is 4.00. The third kappa shape index (κ3) is 4.04. The van der Waals surface area contributed by atoms with Crippen LogP contribution >= 0.6 is 11.8 Å². The summed E-state index contributed by atoms with van der Waals surface area (Å²) in [4.78, 5) is 29.1. The van der Waals surface area contributed by atoms with Crippen molar-refractivity contribution in [2.24, 2.45) is 4.99 Å². The van der Waals surface area contributed by atoms with Crippen LogP contribution in [0.1, 0.15) is 32.6 Å². The summed E-state index contributed by atoms with van der Waals surface area (Å²) in [6, 6.07) is 9.30. The summed E-state index contributed by atoms with van der Waals surface area (Å²) in [7, 11) is 0. The second kappa shape index (κ2) is 8.01. The predicted octanol–water partition coefficient (Wildman–Crippen LogP) is 2.80. The molecular weight excluding hydrogens is 340 g/mol. The van der Waals surface area contributed by atoms with Crippen LogP contribution in [0.25, 0.3) is 0 Å². The van der Waals surface area contributed by atoms with Crippen molar-refractivity contribution in [2.45, 2.75) is 43.5 Å². The Kier molecular flexibility index (Phi) is 5.75. The fraction of sp³-hybridized carbons (Fsp3) is 0.500. The molecule has 7 heteroatoms. The first kappa shape index (κ1) is 17.9. The highest BCUT2D eigenvalue weighted by molar-refractivity contribution is 8.17. The second-order valence-electron chi connectivity index (χ2n) is 6.15. The zero-order chi connectivity index (χ0) is 17.7. The van der Waals surface area contributed by atoms with Gasteiger partial charge in [0.15, 0.2) is 5.17 Å². The van der Waals surface area contributed by atoms with Gasteiger partial charge < -0.3 is 14.8 Å². The molecule has 1 amide bonds. The first-order chi connectivity index (χ1) is 12.1. The smallest absolute Gasteiger partial charge is 0.332 e. The normalized spacial score (nSPS) is 27.1. The van der Waals surface area contributed by atoms with Gasteiger partial charge in [-0.05, 0) is 18.6 Å². The molecule has 0 aromatic heterocycles. The van der Waals surface area contributed by atoms with E-state index in [0.717, 1.165) is 36.7 Å². The number of nitrogens with one attached hydrogen (secondary N) is 1. The van der Waals surface area contributed by atoms with E-state index in [1.165, 1.54) is 0 Å². The van der Waals surface area contributed by atoms with Gasteiger partial charge in [-0.1, -0.05) is 49.7 Å². The number of carbonyl (C=O) groups is 2. The van der Waals surface area contributed by atoms with Gasteiger partial charge in [0.25, 0.3) is 5.91 Å². The van der Waals surface area contributed by atoms with Crippen LogP contribution in [0.4, 0.5) is 5.69 Å². The van der Waals surface area contributed by atoms with Gasteiger partial charge in [-0.3, -0.25) is 4.79 Å². The van der Waals surface area contributed by atoms with Crippen LogP contribution in [-0.4, -0.2) is 41.1 Å². The number of esters is 1. The van der Waals surface area contributed by atoms with E-state index >= 15 is 0 Å². The number of aliphatic imine (C=N–C) groups is 1. The minimum absolute atomic E-state index is 0.309.